The first-order valence-electron chi connectivity index (χ1n) is 6.62. The van der Waals surface area contributed by atoms with Crippen molar-refractivity contribution in [2.45, 2.75) is 13.3 Å². The lowest BCUT2D eigenvalue weighted by molar-refractivity contribution is -0.120. The van der Waals surface area contributed by atoms with Crippen molar-refractivity contribution < 1.29 is 4.79 Å². The van der Waals surface area contributed by atoms with Gasteiger partial charge in [-0.15, -0.1) is 11.3 Å². The summed E-state index contributed by atoms with van der Waals surface area (Å²) in [5.41, 5.74) is 3.38. The van der Waals surface area contributed by atoms with Crippen molar-refractivity contribution in [3.63, 3.8) is 0 Å². The Hall–Kier alpha value is -1.72. The molecule has 0 saturated carbocycles. The maximum absolute atomic E-state index is 11.3. The van der Waals surface area contributed by atoms with E-state index >= 15 is 0 Å². The van der Waals surface area contributed by atoms with Crippen LogP contribution in [0.2, 0.25) is 0 Å². The summed E-state index contributed by atoms with van der Waals surface area (Å²) in [5.74, 6) is 0.0297. The Morgan fingerprint density at radius 2 is 2.05 bits per heavy atom. The molecule has 0 aliphatic rings. The summed E-state index contributed by atoms with van der Waals surface area (Å²) in [4.78, 5) is 15.8. The van der Waals surface area contributed by atoms with Gasteiger partial charge in [-0.2, -0.15) is 0 Å². The summed E-state index contributed by atoms with van der Waals surface area (Å²) in [6, 6.07) is 8.35. The highest BCUT2D eigenvalue weighted by Crippen LogP contribution is 2.21. The lowest BCUT2D eigenvalue weighted by Gasteiger charge is -2.05. The van der Waals surface area contributed by atoms with Crippen molar-refractivity contribution in [1.29, 1.82) is 0 Å². The third-order valence-electron chi connectivity index (χ3n) is 2.94. The number of amides is 1. The molecule has 1 aromatic carbocycles. The Bertz CT molecular complexity index is 563. The minimum atomic E-state index is 0.0297. The Morgan fingerprint density at radius 1 is 1.30 bits per heavy atom. The first-order chi connectivity index (χ1) is 9.69. The lowest BCUT2D eigenvalue weighted by atomic mass is 10.1. The SMILES string of the molecule is CNCC(=O)NCCc1ccc(-c2csc(C)n2)cc1. The Morgan fingerprint density at radius 3 is 2.65 bits per heavy atom. The van der Waals surface area contributed by atoms with E-state index in [9.17, 15) is 4.79 Å². The van der Waals surface area contributed by atoms with E-state index in [1.54, 1.807) is 18.4 Å². The molecule has 2 aromatic rings. The molecule has 0 spiro atoms. The molecule has 2 N–H and O–H groups in total. The van der Waals surface area contributed by atoms with Crippen LogP contribution in [0.15, 0.2) is 29.6 Å². The second-order valence-corrected chi connectivity index (χ2v) is 5.64. The van der Waals surface area contributed by atoms with Crippen molar-refractivity contribution in [3.8, 4) is 11.3 Å². The summed E-state index contributed by atoms with van der Waals surface area (Å²) < 4.78 is 0. The summed E-state index contributed by atoms with van der Waals surface area (Å²) in [7, 11) is 1.76. The Kier molecular flexibility index (Phi) is 5.26. The average Bonchev–Trinajstić information content (AvgIpc) is 2.86. The number of aromatic nitrogens is 1. The van der Waals surface area contributed by atoms with Gasteiger partial charge in [-0.3, -0.25) is 4.79 Å². The highest BCUT2D eigenvalue weighted by Gasteiger charge is 2.02. The van der Waals surface area contributed by atoms with Gasteiger partial charge in [0, 0.05) is 17.5 Å². The predicted octanol–water partition coefficient (Wildman–Crippen LogP) is 2.00. The van der Waals surface area contributed by atoms with Crippen LogP contribution in [0.4, 0.5) is 0 Å². The molecule has 1 aromatic heterocycles. The van der Waals surface area contributed by atoms with Crippen LogP contribution >= 0.6 is 11.3 Å². The highest BCUT2D eigenvalue weighted by molar-refractivity contribution is 7.09. The summed E-state index contributed by atoms with van der Waals surface area (Å²) >= 11 is 1.66. The highest BCUT2D eigenvalue weighted by atomic mass is 32.1. The van der Waals surface area contributed by atoms with Crippen molar-refractivity contribution >= 4 is 17.2 Å². The largest absolute Gasteiger partial charge is 0.355 e. The van der Waals surface area contributed by atoms with Crippen LogP contribution in [0.5, 0.6) is 0 Å². The molecule has 0 radical (unpaired) electrons. The molecular formula is C15H19N3OS. The number of nitrogens with one attached hydrogen (secondary N) is 2. The molecule has 106 valence electrons. The molecular weight excluding hydrogens is 270 g/mol. The number of rotatable bonds is 6. The summed E-state index contributed by atoms with van der Waals surface area (Å²) in [5, 5.41) is 8.85. The molecule has 2 rings (SSSR count). The van der Waals surface area contributed by atoms with Gasteiger partial charge in [0.25, 0.3) is 0 Å². The zero-order chi connectivity index (χ0) is 14.4. The fourth-order valence-electron chi connectivity index (χ4n) is 1.91. The third-order valence-corrected chi connectivity index (χ3v) is 3.72. The first kappa shape index (κ1) is 14.7. The molecule has 0 aliphatic carbocycles. The van der Waals surface area contributed by atoms with Crippen LogP contribution < -0.4 is 10.6 Å². The number of likely N-dealkylation sites (N-methyl/N-ethyl adjacent to an activating group) is 1. The zero-order valence-corrected chi connectivity index (χ0v) is 12.6. The standard InChI is InChI=1S/C15H19N3OS/c1-11-18-14(10-20-11)13-5-3-12(4-6-13)7-8-17-15(19)9-16-2/h3-6,10,16H,7-9H2,1-2H3,(H,17,19). The molecule has 0 atom stereocenters. The van der Waals surface area contributed by atoms with Crippen LogP contribution in [0.3, 0.4) is 0 Å². The Labute approximate surface area is 123 Å². The number of carbonyl (C=O) groups is 1. The average molecular weight is 289 g/mol. The fourth-order valence-corrected chi connectivity index (χ4v) is 2.53. The molecule has 0 fully saturated rings. The summed E-state index contributed by atoms with van der Waals surface area (Å²) in [6.07, 6.45) is 0.839. The third kappa shape index (κ3) is 4.15. The molecule has 1 amide bonds. The molecule has 4 nitrogen and oxygen atoms in total. The normalized spacial score (nSPS) is 10.5. The van der Waals surface area contributed by atoms with E-state index in [-0.39, 0.29) is 5.91 Å². The molecule has 1 heterocycles. The van der Waals surface area contributed by atoms with Crippen LogP contribution in [-0.4, -0.2) is 31.0 Å². The van der Waals surface area contributed by atoms with Gasteiger partial charge in [0.2, 0.25) is 5.91 Å². The minimum absolute atomic E-state index is 0.0297. The van der Waals surface area contributed by atoms with E-state index in [0.29, 0.717) is 13.1 Å². The second kappa shape index (κ2) is 7.17. The maximum atomic E-state index is 11.3. The Balaban J connectivity index is 1.87. The van der Waals surface area contributed by atoms with E-state index in [1.807, 2.05) is 6.92 Å². The maximum Gasteiger partial charge on any atom is 0.233 e. The molecule has 0 aliphatic heterocycles. The first-order valence-corrected chi connectivity index (χ1v) is 7.50. The second-order valence-electron chi connectivity index (χ2n) is 4.58. The van der Waals surface area contributed by atoms with Gasteiger partial charge < -0.3 is 10.6 Å². The number of hydrogen-bond donors (Lipinski definition) is 2. The van der Waals surface area contributed by atoms with Crippen molar-refractivity contribution in [3.05, 3.63) is 40.2 Å². The van der Waals surface area contributed by atoms with Crippen LogP contribution in [0, 0.1) is 6.92 Å². The van der Waals surface area contributed by atoms with Gasteiger partial charge in [-0.25, -0.2) is 4.98 Å². The topological polar surface area (TPSA) is 54.0 Å². The van der Waals surface area contributed by atoms with Gasteiger partial charge in [0.15, 0.2) is 0 Å². The van der Waals surface area contributed by atoms with Gasteiger partial charge in [-0.1, -0.05) is 24.3 Å². The monoisotopic (exact) mass is 289 g/mol. The van der Waals surface area contributed by atoms with Crippen molar-refractivity contribution in [2.75, 3.05) is 20.1 Å². The smallest absolute Gasteiger partial charge is 0.233 e. The van der Waals surface area contributed by atoms with E-state index in [4.69, 9.17) is 0 Å². The zero-order valence-electron chi connectivity index (χ0n) is 11.8. The fraction of sp³-hybridized carbons (Fsp3) is 0.333. The van der Waals surface area contributed by atoms with Gasteiger partial charge in [-0.05, 0) is 26.0 Å². The summed E-state index contributed by atoms with van der Waals surface area (Å²) in [6.45, 7) is 3.04. The molecule has 20 heavy (non-hydrogen) atoms. The number of carbonyl (C=O) groups excluding carboxylic acids is 1. The van der Waals surface area contributed by atoms with Crippen LogP contribution in [0.25, 0.3) is 11.3 Å². The quantitative estimate of drug-likeness (QED) is 0.855. The van der Waals surface area contributed by atoms with Crippen LogP contribution in [0.1, 0.15) is 10.6 Å². The van der Waals surface area contributed by atoms with Crippen LogP contribution in [-0.2, 0) is 11.2 Å². The van der Waals surface area contributed by atoms with E-state index in [2.05, 4.69) is 45.3 Å². The number of thiazole rings is 1. The van der Waals surface area contributed by atoms with Gasteiger partial charge >= 0.3 is 0 Å². The molecule has 5 heteroatoms. The number of nitrogens with zero attached hydrogens (tertiary/aromatic N) is 1. The minimum Gasteiger partial charge on any atom is -0.355 e. The van der Waals surface area contributed by atoms with Crippen molar-refractivity contribution in [2.24, 2.45) is 0 Å². The molecule has 0 saturated heterocycles. The molecule has 0 unspecified atom stereocenters. The van der Waals surface area contributed by atoms with E-state index in [1.165, 1.54) is 5.56 Å². The predicted molar refractivity (Wildman–Crippen MR) is 82.9 cm³/mol. The molecule has 0 bridgehead atoms. The van der Waals surface area contributed by atoms with Gasteiger partial charge in [0.05, 0.1) is 17.2 Å². The van der Waals surface area contributed by atoms with Crippen molar-refractivity contribution in [1.82, 2.24) is 15.6 Å². The number of benzene rings is 1. The number of aryl methyl sites for hydroxylation is 1. The van der Waals surface area contributed by atoms with E-state index < -0.39 is 0 Å². The number of hydrogen-bond acceptors (Lipinski definition) is 4. The van der Waals surface area contributed by atoms with E-state index in [0.717, 1.165) is 22.7 Å². The van der Waals surface area contributed by atoms with Gasteiger partial charge in [0.1, 0.15) is 0 Å². The lowest BCUT2D eigenvalue weighted by Crippen LogP contribution is -2.33.